The van der Waals surface area contributed by atoms with Gasteiger partial charge >= 0.3 is 0 Å². The summed E-state index contributed by atoms with van der Waals surface area (Å²) in [6.07, 6.45) is 0. The van der Waals surface area contributed by atoms with Crippen molar-refractivity contribution in [2.75, 3.05) is 13.1 Å². The Labute approximate surface area is 173 Å². The van der Waals surface area contributed by atoms with Crippen molar-refractivity contribution in [3.05, 3.63) is 76.7 Å². The molecule has 0 radical (unpaired) electrons. The third kappa shape index (κ3) is 3.27. The van der Waals surface area contributed by atoms with Gasteiger partial charge < -0.3 is 9.84 Å². The molecule has 2 aromatic carbocycles. The molecule has 1 N–H and O–H groups in total. The van der Waals surface area contributed by atoms with E-state index in [-0.39, 0.29) is 24.9 Å². The van der Waals surface area contributed by atoms with Crippen molar-refractivity contribution in [3.8, 4) is 17.2 Å². The van der Waals surface area contributed by atoms with Crippen molar-refractivity contribution in [3.63, 3.8) is 0 Å². The van der Waals surface area contributed by atoms with E-state index < -0.39 is 6.04 Å². The molecule has 150 valence electrons. The molecule has 1 atom stereocenters. The summed E-state index contributed by atoms with van der Waals surface area (Å²) in [6.45, 7) is 4.14. The van der Waals surface area contributed by atoms with Gasteiger partial charge in [0.1, 0.15) is 5.76 Å². The molecule has 7 heteroatoms. The highest BCUT2D eigenvalue weighted by Gasteiger charge is 2.40. The highest BCUT2D eigenvalue weighted by atomic mass is 16.5. The van der Waals surface area contributed by atoms with Gasteiger partial charge in [-0.2, -0.15) is 5.26 Å². The van der Waals surface area contributed by atoms with E-state index in [1.165, 1.54) is 4.90 Å². The van der Waals surface area contributed by atoms with E-state index in [0.717, 1.165) is 28.1 Å². The van der Waals surface area contributed by atoms with Crippen LogP contribution in [0.3, 0.4) is 0 Å². The lowest BCUT2D eigenvalue weighted by Gasteiger charge is -2.27. The minimum Gasteiger partial charge on any atom is -0.361 e. The minimum absolute atomic E-state index is 0.122. The molecule has 0 fully saturated rings. The highest BCUT2D eigenvalue weighted by Crippen LogP contribution is 2.33. The Morgan fingerprint density at radius 3 is 2.23 bits per heavy atom. The molecule has 7 nitrogen and oxygen atoms in total. The van der Waals surface area contributed by atoms with E-state index in [1.54, 1.807) is 24.3 Å². The first-order valence-electron chi connectivity index (χ1n) is 9.60. The summed E-state index contributed by atoms with van der Waals surface area (Å²) in [5, 5.41) is 15.9. The molecule has 0 saturated heterocycles. The maximum Gasteiger partial charge on any atom is 0.262 e. The maximum absolute atomic E-state index is 13.0. The summed E-state index contributed by atoms with van der Waals surface area (Å²) in [6, 6.07) is 15.9. The second kappa shape index (κ2) is 7.93. The van der Waals surface area contributed by atoms with Gasteiger partial charge in [-0.25, -0.2) is 0 Å². The zero-order valence-electron chi connectivity index (χ0n) is 16.7. The van der Waals surface area contributed by atoms with Crippen molar-refractivity contribution >= 4 is 11.8 Å². The second-order valence-electron chi connectivity index (χ2n) is 7.15. The SMILES string of the molecule is Cc1noc(C)c1-c1ccc([C@H](CNCC#N)N2C(=O)c3ccccc3C2=O)cc1. The van der Waals surface area contributed by atoms with Crippen LogP contribution in [0.2, 0.25) is 0 Å². The summed E-state index contributed by atoms with van der Waals surface area (Å²) in [5.41, 5.74) is 4.28. The van der Waals surface area contributed by atoms with Crippen LogP contribution in [-0.2, 0) is 0 Å². The van der Waals surface area contributed by atoms with Crippen LogP contribution >= 0.6 is 0 Å². The van der Waals surface area contributed by atoms with Gasteiger partial charge in [-0.15, -0.1) is 0 Å². The normalized spacial score (nSPS) is 14.0. The number of carbonyl (C=O) groups excluding carboxylic acids is 2. The van der Waals surface area contributed by atoms with Gasteiger partial charge in [0, 0.05) is 12.1 Å². The molecule has 4 rings (SSSR count). The molecule has 30 heavy (non-hydrogen) atoms. The van der Waals surface area contributed by atoms with E-state index in [0.29, 0.717) is 11.1 Å². The number of carbonyl (C=O) groups is 2. The monoisotopic (exact) mass is 400 g/mol. The van der Waals surface area contributed by atoms with Crippen LogP contribution in [0.25, 0.3) is 11.1 Å². The number of aromatic nitrogens is 1. The third-order valence-electron chi connectivity index (χ3n) is 5.30. The van der Waals surface area contributed by atoms with Crippen molar-refractivity contribution in [2.24, 2.45) is 0 Å². The number of nitrogens with one attached hydrogen (secondary N) is 1. The number of imide groups is 1. The molecule has 0 bridgehead atoms. The molecule has 2 amide bonds. The zero-order chi connectivity index (χ0) is 21.3. The van der Waals surface area contributed by atoms with Crippen LogP contribution in [0.15, 0.2) is 53.1 Å². The lowest BCUT2D eigenvalue weighted by Crippen LogP contribution is -2.39. The van der Waals surface area contributed by atoms with Crippen molar-refractivity contribution in [2.45, 2.75) is 19.9 Å². The van der Waals surface area contributed by atoms with Crippen LogP contribution in [-0.4, -0.2) is 35.0 Å². The quantitative estimate of drug-likeness (QED) is 0.387. The van der Waals surface area contributed by atoms with E-state index in [1.807, 2.05) is 44.2 Å². The van der Waals surface area contributed by atoms with E-state index in [9.17, 15) is 9.59 Å². The Hall–Kier alpha value is -3.76. The minimum atomic E-state index is -0.538. The van der Waals surface area contributed by atoms with Crippen molar-refractivity contribution in [1.29, 1.82) is 5.26 Å². The number of benzene rings is 2. The molecule has 0 unspecified atom stereocenters. The van der Waals surface area contributed by atoms with Gasteiger partial charge in [0.2, 0.25) is 0 Å². The second-order valence-corrected chi connectivity index (χ2v) is 7.15. The highest BCUT2D eigenvalue weighted by molar-refractivity contribution is 6.21. The predicted octanol–water partition coefficient (Wildman–Crippen LogP) is 3.41. The standard InChI is InChI=1S/C23H20N4O3/c1-14-21(15(2)30-26-14)17-9-7-16(8-10-17)20(13-25-12-11-24)27-22(28)18-5-3-4-6-19(18)23(27)29/h3-10,20,25H,12-13H2,1-2H3/t20-/m0/s1. The van der Waals surface area contributed by atoms with Gasteiger partial charge in [0.15, 0.2) is 0 Å². The molecule has 0 saturated carbocycles. The summed E-state index contributed by atoms with van der Waals surface area (Å²) >= 11 is 0. The van der Waals surface area contributed by atoms with Crippen molar-refractivity contribution in [1.82, 2.24) is 15.4 Å². The van der Waals surface area contributed by atoms with E-state index in [2.05, 4.69) is 10.5 Å². The molecular weight excluding hydrogens is 380 g/mol. The Morgan fingerprint density at radius 1 is 1.07 bits per heavy atom. The van der Waals surface area contributed by atoms with Crippen LogP contribution < -0.4 is 5.32 Å². The molecule has 2 heterocycles. The van der Waals surface area contributed by atoms with Gasteiger partial charge in [-0.1, -0.05) is 41.6 Å². The summed E-state index contributed by atoms with van der Waals surface area (Å²) < 4.78 is 5.25. The van der Waals surface area contributed by atoms with Crippen LogP contribution in [0.1, 0.15) is 43.8 Å². The smallest absolute Gasteiger partial charge is 0.262 e. The van der Waals surface area contributed by atoms with Crippen LogP contribution in [0.4, 0.5) is 0 Å². The summed E-state index contributed by atoms with van der Waals surface area (Å²) in [4.78, 5) is 27.3. The lowest BCUT2D eigenvalue weighted by molar-refractivity contribution is 0.0581. The number of nitriles is 1. The first-order valence-corrected chi connectivity index (χ1v) is 9.60. The average molecular weight is 400 g/mol. The van der Waals surface area contributed by atoms with Gasteiger partial charge in [-0.05, 0) is 37.1 Å². The molecule has 3 aromatic rings. The van der Waals surface area contributed by atoms with Crippen LogP contribution in [0, 0.1) is 25.2 Å². The molecular formula is C23H20N4O3. The van der Waals surface area contributed by atoms with Gasteiger partial charge in [-0.3, -0.25) is 14.5 Å². The molecule has 1 aliphatic rings. The number of nitrogens with zero attached hydrogens (tertiary/aromatic N) is 3. The molecule has 0 spiro atoms. The zero-order valence-corrected chi connectivity index (χ0v) is 16.7. The maximum atomic E-state index is 13.0. The summed E-state index contributed by atoms with van der Waals surface area (Å²) in [7, 11) is 0. The number of aryl methyl sites for hydroxylation is 2. The Morgan fingerprint density at radius 2 is 1.70 bits per heavy atom. The van der Waals surface area contributed by atoms with Gasteiger partial charge in [0.25, 0.3) is 11.8 Å². The van der Waals surface area contributed by atoms with Crippen molar-refractivity contribution < 1.29 is 14.1 Å². The number of hydrogen-bond donors (Lipinski definition) is 1. The first-order chi connectivity index (χ1) is 14.5. The first kappa shape index (κ1) is 19.6. The Kier molecular flexibility index (Phi) is 5.17. The van der Waals surface area contributed by atoms with Crippen LogP contribution in [0.5, 0.6) is 0 Å². The number of amides is 2. The third-order valence-corrected chi connectivity index (χ3v) is 5.30. The predicted molar refractivity (Wildman–Crippen MR) is 110 cm³/mol. The van der Waals surface area contributed by atoms with E-state index >= 15 is 0 Å². The number of fused-ring (bicyclic) bond motifs is 1. The fraction of sp³-hybridized carbons (Fsp3) is 0.217. The largest absolute Gasteiger partial charge is 0.361 e. The fourth-order valence-corrected chi connectivity index (χ4v) is 3.88. The number of hydrogen-bond acceptors (Lipinski definition) is 6. The topological polar surface area (TPSA) is 99.2 Å². The van der Waals surface area contributed by atoms with E-state index in [4.69, 9.17) is 9.78 Å². The Bertz CT molecular complexity index is 1100. The summed E-state index contributed by atoms with van der Waals surface area (Å²) in [5.74, 6) is 0.0798. The number of rotatable bonds is 6. The Balaban J connectivity index is 1.69. The average Bonchev–Trinajstić information content (AvgIpc) is 3.22. The molecule has 1 aliphatic heterocycles. The van der Waals surface area contributed by atoms with Gasteiger partial charge in [0.05, 0.1) is 35.5 Å². The molecule has 0 aliphatic carbocycles. The fourth-order valence-electron chi connectivity index (χ4n) is 3.88. The lowest BCUT2D eigenvalue weighted by atomic mass is 9.99. The molecule has 1 aromatic heterocycles.